The average molecular weight is 328 g/mol. The molecule has 0 saturated heterocycles. The number of fused-ring (bicyclic) bond motifs is 1. The fraction of sp³-hybridized carbons (Fsp3) is 0.769. The van der Waals surface area contributed by atoms with Gasteiger partial charge >= 0.3 is 6.18 Å². The Balaban J connectivity index is 2.02. The highest BCUT2D eigenvalue weighted by Gasteiger charge is 2.51. The lowest BCUT2D eigenvalue weighted by molar-refractivity contribution is -0.150. The minimum atomic E-state index is -4.98. The second-order valence-corrected chi connectivity index (χ2v) is 5.91. The Morgan fingerprint density at radius 2 is 1.95 bits per heavy atom. The fourth-order valence-corrected chi connectivity index (χ4v) is 2.83. The van der Waals surface area contributed by atoms with Crippen LogP contribution in [0.5, 0.6) is 0 Å². The Morgan fingerprint density at radius 1 is 1.32 bits per heavy atom. The first kappa shape index (κ1) is 15.6. The van der Waals surface area contributed by atoms with Crippen LogP contribution < -0.4 is 0 Å². The van der Waals surface area contributed by atoms with Gasteiger partial charge in [0.05, 0.1) is 6.54 Å². The van der Waals surface area contributed by atoms with Crippen LogP contribution in [-0.4, -0.2) is 27.0 Å². The molecule has 1 fully saturated rings. The predicted molar refractivity (Wildman–Crippen MR) is 63.1 cm³/mol. The van der Waals surface area contributed by atoms with E-state index < -0.39 is 48.6 Å². The summed E-state index contributed by atoms with van der Waals surface area (Å²) in [6.45, 7) is -0.401. The highest BCUT2D eigenvalue weighted by molar-refractivity contribution is 5.35. The van der Waals surface area contributed by atoms with Gasteiger partial charge in [-0.2, -0.15) is 18.3 Å². The minimum Gasteiger partial charge on any atom is -0.382 e. The van der Waals surface area contributed by atoms with Crippen molar-refractivity contribution in [1.29, 1.82) is 0 Å². The van der Waals surface area contributed by atoms with Crippen LogP contribution >= 0.6 is 0 Å². The van der Waals surface area contributed by atoms with Crippen molar-refractivity contribution in [2.45, 2.75) is 56.6 Å². The van der Waals surface area contributed by atoms with Crippen molar-refractivity contribution >= 4 is 0 Å². The molecule has 22 heavy (non-hydrogen) atoms. The predicted octanol–water partition coefficient (Wildman–Crippen LogP) is 3.26. The summed E-state index contributed by atoms with van der Waals surface area (Å²) in [5, 5.41) is 12.9. The number of hydrogen-bond donors (Lipinski definition) is 1. The number of aliphatic hydroxyl groups excluding tert-OH is 1. The number of halogens is 6. The average Bonchev–Trinajstić information content (AvgIpc) is 3.16. The topological polar surface area (TPSA) is 38.1 Å². The number of nitrogens with zero attached hydrogens (tertiary/aromatic N) is 2. The van der Waals surface area contributed by atoms with E-state index in [1.165, 1.54) is 0 Å². The number of aliphatic hydroxyl groups is 1. The summed E-state index contributed by atoms with van der Waals surface area (Å²) in [6, 6.07) is 0. The zero-order chi connectivity index (χ0) is 16.3. The van der Waals surface area contributed by atoms with Crippen LogP contribution in [0.2, 0.25) is 0 Å². The zero-order valence-electron chi connectivity index (χ0n) is 11.4. The van der Waals surface area contributed by atoms with Crippen LogP contribution in [0.3, 0.4) is 0 Å². The Hall–Kier alpha value is -1.25. The molecule has 2 atom stereocenters. The van der Waals surface area contributed by atoms with Gasteiger partial charge in [0.25, 0.3) is 5.92 Å². The van der Waals surface area contributed by atoms with E-state index in [1.807, 2.05) is 0 Å². The third-order valence-corrected chi connectivity index (χ3v) is 4.22. The highest BCUT2D eigenvalue weighted by atomic mass is 19.4. The van der Waals surface area contributed by atoms with E-state index >= 15 is 0 Å². The van der Waals surface area contributed by atoms with E-state index in [2.05, 4.69) is 5.10 Å². The van der Waals surface area contributed by atoms with Crippen LogP contribution in [0, 0.1) is 5.92 Å². The lowest BCUT2D eigenvalue weighted by Crippen LogP contribution is -2.33. The van der Waals surface area contributed by atoms with Crippen molar-refractivity contribution < 1.29 is 31.4 Å². The van der Waals surface area contributed by atoms with Crippen molar-refractivity contribution in [3.63, 3.8) is 0 Å². The number of alkyl halides is 6. The molecule has 1 saturated carbocycles. The number of hydrogen-bond acceptors (Lipinski definition) is 2. The molecule has 2 aliphatic carbocycles. The minimum absolute atomic E-state index is 0.144. The lowest BCUT2D eigenvalue weighted by atomic mass is 9.89. The molecule has 0 radical (unpaired) electrons. The first-order valence-electron chi connectivity index (χ1n) is 6.98. The molecule has 0 spiro atoms. The summed E-state index contributed by atoms with van der Waals surface area (Å²) in [6.07, 6.45) is -8.74. The van der Waals surface area contributed by atoms with Crippen molar-refractivity contribution in [3.8, 4) is 0 Å². The normalized spacial score (nSPS) is 25.9. The van der Waals surface area contributed by atoms with Gasteiger partial charge in [-0.1, -0.05) is 0 Å². The van der Waals surface area contributed by atoms with E-state index in [-0.39, 0.29) is 18.0 Å². The second kappa shape index (κ2) is 4.87. The van der Waals surface area contributed by atoms with Crippen LogP contribution in [0.1, 0.15) is 42.3 Å². The molecule has 1 heterocycles. The molecule has 1 aromatic heterocycles. The van der Waals surface area contributed by atoms with Crippen LogP contribution in [0.15, 0.2) is 0 Å². The molecule has 3 nitrogen and oxygen atoms in total. The smallest absolute Gasteiger partial charge is 0.382 e. The molecule has 3 rings (SSSR count). The van der Waals surface area contributed by atoms with Crippen LogP contribution in [0.4, 0.5) is 26.3 Å². The summed E-state index contributed by atoms with van der Waals surface area (Å²) in [5.74, 6) is -3.85. The first-order valence-corrected chi connectivity index (χ1v) is 6.98. The van der Waals surface area contributed by atoms with Crippen molar-refractivity contribution in [1.82, 2.24) is 9.78 Å². The summed E-state index contributed by atoms with van der Waals surface area (Å²) in [4.78, 5) is 0. The molecule has 9 heteroatoms. The molecule has 0 amide bonds. The lowest BCUT2D eigenvalue weighted by Gasteiger charge is -2.28. The van der Waals surface area contributed by atoms with Crippen molar-refractivity contribution in [3.05, 3.63) is 17.0 Å². The summed E-state index contributed by atoms with van der Waals surface area (Å²) < 4.78 is 80.7. The maximum absolute atomic E-state index is 13.8. The first-order chi connectivity index (χ1) is 10.1. The van der Waals surface area contributed by atoms with E-state index in [1.54, 1.807) is 0 Å². The van der Waals surface area contributed by atoms with Crippen molar-refractivity contribution in [2.75, 3.05) is 0 Å². The summed E-state index contributed by atoms with van der Waals surface area (Å²) >= 11 is 0. The Labute approximate surface area is 121 Å². The maximum Gasteiger partial charge on any atom is 0.435 e. The largest absolute Gasteiger partial charge is 0.435 e. The molecule has 0 aromatic carbocycles. The highest BCUT2D eigenvalue weighted by Crippen LogP contribution is 2.46. The molecule has 0 bridgehead atoms. The Morgan fingerprint density at radius 3 is 2.50 bits per heavy atom. The standard InChI is InChI=1S/C13H14F6N2O/c14-7(6-1-2-6)5-21-8-3-4-12(15,16)11(22)9(8)10(20-21)13(17,18)19/h6-7,11,22H,1-5H2/t7-,11+/m1/s1. The number of aromatic nitrogens is 2. The van der Waals surface area contributed by atoms with Gasteiger partial charge in [0, 0.05) is 17.7 Å². The van der Waals surface area contributed by atoms with E-state index in [4.69, 9.17) is 0 Å². The Bertz CT molecular complexity index is 578. The van der Waals surface area contributed by atoms with Gasteiger partial charge in [-0.25, -0.2) is 13.2 Å². The van der Waals surface area contributed by atoms with Crippen molar-refractivity contribution in [2.24, 2.45) is 5.92 Å². The molecule has 0 aliphatic heterocycles. The van der Waals surface area contributed by atoms with Gasteiger partial charge in [0.2, 0.25) is 0 Å². The van der Waals surface area contributed by atoms with Gasteiger partial charge in [-0.15, -0.1) is 0 Å². The fourth-order valence-electron chi connectivity index (χ4n) is 2.83. The summed E-state index contributed by atoms with van der Waals surface area (Å²) in [5.41, 5.74) is -2.60. The van der Waals surface area contributed by atoms with E-state index in [0.717, 1.165) is 4.68 Å². The molecule has 1 aromatic rings. The van der Waals surface area contributed by atoms with Crippen LogP contribution in [0.25, 0.3) is 0 Å². The van der Waals surface area contributed by atoms with Gasteiger partial charge in [-0.3, -0.25) is 4.68 Å². The van der Waals surface area contributed by atoms with Gasteiger partial charge in [-0.05, 0) is 25.2 Å². The number of rotatable bonds is 3. The quantitative estimate of drug-likeness (QED) is 0.865. The monoisotopic (exact) mass is 328 g/mol. The maximum atomic E-state index is 13.8. The van der Waals surface area contributed by atoms with Gasteiger partial charge in [0.15, 0.2) is 5.69 Å². The molecule has 0 unspecified atom stereocenters. The zero-order valence-corrected chi connectivity index (χ0v) is 11.4. The van der Waals surface area contributed by atoms with E-state index in [0.29, 0.717) is 12.8 Å². The van der Waals surface area contributed by atoms with E-state index in [9.17, 15) is 31.4 Å². The van der Waals surface area contributed by atoms with Crippen LogP contribution in [-0.2, 0) is 19.1 Å². The third kappa shape index (κ3) is 2.59. The third-order valence-electron chi connectivity index (χ3n) is 4.22. The molecule has 1 N–H and O–H groups in total. The molecular weight excluding hydrogens is 314 g/mol. The molecular formula is C13H14F6N2O. The van der Waals surface area contributed by atoms with Gasteiger partial charge < -0.3 is 5.11 Å². The molecule has 2 aliphatic rings. The SMILES string of the molecule is O[C@H]1c2c(C(F)(F)F)nn(C[C@@H](F)C3CC3)c2CCC1(F)F. The van der Waals surface area contributed by atoms with Gasteiger partial charge in [0.1, 0.15) is 12.3 Å². The Kier molecular flexibility index (Phi) is 3.46. The second-order valence-electron chi connectivity index (χ2n) is 5.91. The summed E-state index contributed by atoms with van der Waals surface area (Å²) in [7, 11) is 0. The molecule has 124 valence electrons.